The summed E-state index contributed by atoms with van der Waals surface area (Å²) in [4.78, 5) is 26.0. The third-order valence-corrected chi connectivity index (χ3v) is 6.26. The van der Waals surface area contributed by atoms with Crippen molar-refractivity contribution in [2.75, 3.05) is 0 Å². The lowest BCUT2D eigenvalue weighted by molar-refractivity contribution is 0.629. The van der Waals surface area contributed by atoms with Gasteiger partial charge in [0.1, 0.15) is 5.82 Å². The summed E-state index contributed by atoms with van der Waals surface area (Å²) in [7, 11) is 3.52. The Labute approximate surface area is 180 Å². The first-order chi connectivity index (χ1) is 14.7. The number of nitrogens with zero attached hydrogens (tertiary/aromatic N) is 2. The number of aryl methyl sites for hydroxylation is 2. The quantitative estimate of drug-likeness (QED) is 0.478. The van der Waals surface area contributed by atoms with Gasteiger partial charge in [-0.25, -0.2) is 4.39 Å². The summed E-state index contributed by atoms with van der Waals surface area (Å²) in [6.07, 6.45) is 1.00. The van der Waals surface area contributed by atoms with Crippen molar-refractivity contribution in [1.82, 2.24) is 9.13 Å². The molecule has 0 aliphatic carbocycles. The molecular weight excluding hydrogens is 391 g/mol. The Balaban J connectivity index is 2.04. The molecule has 0 saturated carbocycles. The first-order valence-electron chi connectivity index (χ1n) is 10.7. The van der Waals surface area contributed by atoms with E-state index >= 15 is 0 Å². The van der Waals surface area contributed by atoms with E-state index in [2.05, 4.69) is 0 Å². The van der Waals surface area contributed by atoms with Gasteiger partial charge in [0.25, 0.3) is 11.1 Å². The number of pyridine rings is 2. The van der Waals surface area contributed by atoms with Crippen LogP contribution in [0.5, 0.6) is 0 Å². The van der Waals surface area contributed by atoms with Crippen LogP contribution in [-0.4, -0.2) is 9.13 Å². The van der Waals surface area contributed by atoms with E-state index in [1.54, 1.807) is 29.3 Å². The van der Waals surface area contributed by atoms with E-state index in [9.17, 15) is 14.0 Å². The second-order valence-electron chi connectivity index (χ2n) is 8.49. The average Bonchev–Trinajstić information content (AvgIpc) is 2.74. The van der Waals surface area contributed by atoms with Crippen LogP contribution in [0.4, 0.5) is 4.39 Å². The Morgan fingerprint density at radius 3 is 2.35 bits per heavy atom. The highest BCUT2D eigenvalue weighted by Gasteiger charge is 2.18. The summed E-state index contributed by atoms with van der Waals surface area (Å²) in [6.45, 7) is 5.97. The minimum absolute atomic E-state index is 0.00876. The fourth-order valence-electron chi connectivity index (χ4n) is 4.62. The van der Waals surface area contributed by atoms with Gasteiger partial charge >= 0.3 is 0 Å². The summed E-state index contributed by atoms with van der Waals surface area (Å²) in [5.74, 6) is -0.205. The molecule has 4 rings (SSSR count). The number of fused-ring (bicyclic) bond motifs is 2. The number of para-hydroxylation sites is 1. The van der Waals surface area contributed by atoms with Gasteiger partial charge in [-0.05, 0) is 53.1 Å². The van der Waals surface area contributed by atoms with Gasteiger partial charge < -0.3 is 9.13 Å². The van der Waals surface area contributed by atoms with Crippen LogP contribution in [0.25, 0.3) is 21.8 Å². The minimum Gasteiger partial charge on any atom is -0.311 e. The van der Waals surface area contributed by atoms with E-state index in [4.69, 9.17) is 0 Å². The van der Waals surface area contributed by atoms with E-state index in [1.807, 2.05) is 45.0 Å². The van der Waals surface area contributed by atoms with Gasteiger partial charge in [0.2, 0.25) is 0 Å². The molecule has 0 amide bonds. The molecule has 0 N–H and O–H groups in total. The number of halogens is 1. The maximum absolute atomic E-state index is 14.2. The Morgan fingerprint density at radius 1 is 0.935 bits per heavy atom. The van der Waals surface area contributed by atoms with E-state index in [-0.39, 0.29) is 22.9 Å². The van der Waals surface area contributed by atoms with Crippen LogP contribution >= 0.6 is 0 Å². The van der Waals surface area contributed by atoms with Gasteiger partial charge in [0, 0.05) is 37.0 Å². The largest absolute Gasteiger partial charge is 0.311 e. The fraction of sp³-hybridized carbons (Fsp3) is 0.308. The molecule has 0 bridgehead atoms. The first kappa shape index (κ1) is 21.0. The zero-order valence-corrected chi connectivity index (χ0v) is 18.6. The van der Waals surface area contributed by atoms with Crippen LogP contribution in [0.15, 0.2) is 52.1 Å². The molecule has 0 spiro atoms. The van der Waals surface area contributed by atoms with Crippen molar-refractivity contribution in [2.24, 2.45) is 14.1 Å². The second-order valence-corrected chi connectivity index (χ2v) is 8.49. The highest BCUT2D eigenvalue weighted by atomic mass is 19.1. The van der Waals surface area contributed by atoms with Crippen molar-refractivity contribution in [3.05, 3.63) is 91.2 Å². The fourth-order valence-corrected chi connectivity index (χ4v) is 4.62. The summed E-state index contributed by atoms with van der Waals surface area (Å²) in [5, 5.41) is 1.72. The molecule has 0 radical (unpaired) electrons. The Bertz CT molecular complexity index is 1440. The lowest BCUT2D eigenvalue weighted by atomic mass is 9.93. The van der Waals surface area contributed by atoms with Crippen LogP contribution in [0.1, 0.15) is 48.9 Å². The van der Waals surface area contributed by atoms with Gasteiger partial charge in [-0.2, -0.15) is 0 Å². The Hall–Kier alpha value is -3.21. The van der Waals surface area contributed by atoms with E-state index in [1.165, 1.54) is 12.1 Å². The molecule has 0 aliphatic heterocycles. The van der Waals surface area contributed by atoms with Gasteiger partial charge in [0.05, 0.1) is 11.0 Å². The predicted octanol–water partition coefficient (Wildman–Crippen LogP) is 4.81. The normalized spacial score (nSPS) is 11.7. The monoisotopic (exact) mass is 418 g/mol. The van der Waals surface area contributed by atoms with Crippen molar-refractivity contribution in [2.45, 2.75) is 39.5 Å². The third-order valence-electron chi connectivity index (χ3n) is 6.26. The standard InChI is InChI=1S/C26H27FN2O2/c1-6-19-21(22-14-18(27)10-11-23(22)28(4)25(19)30)13-17-9-7-8-16-12-20(15(2)3)26(31)29(5)24(16)17/h7-12,14-15H,6,13H2,1-5H3. The summed E-state index contributed by atoms with van der Waals surface area (Å²) >= 11 is 0. The van der Waals surface area contributed by atoms with E-state index in [0.29, 0.717) is 23.9 Å². The smallest absolute Gasteiger partial charge is 0.254 e. The highest BCUT2D eigenvalue weighted by molar-refractivity contribution is 5.87. The topological polar surface area (TPSA) is 44.0 Å². The van der Waals surface area contributed by atoms with Crippen LogP contribution in [0.3, 0.4) is 0 Å². The van der Waals surface area contributed by atoms with Crippen LogP contribution in [0.2, 0.25) is 0 Å². The molecule has 0 fully saturated rings. The molecule has 4 nitrogen and oxygen atoms in total. The maximum Gasteiger partial charge on any atom is 0.254 e. The van der Waals surface area contributed by atoms with Crippen molar-refractivity contribution in [3.8, 4) is 0 Å². The lowest BCUT2D eigenvalue weighted by Gasteiger charge is -2.18. The van der Waals surface area contributed by atoms with E-state index < -0.39 is 0 Å². The number of aromatic nitrogens is 2. The molecule has 31 heavy (non-hydrogen) atoms. The maximum atomic E-state index is 14.2. The SMILES string of the molecule is CCc1c(Cc2cccc3cc(C(C)C)c(=O)n(C)c23)c2cc(F)ccc2n(C)c1=O. The number of rotatable bonds is 4. The predicted molar refractivity (Wildman–Crippen MR) is 125 cm³/mol. The van der Waals surface area contributed by atoms with Crippen molar-refractivity contribution >= 4 is 21.8 Å². The summed E-state index contributed by atoms with van der Waals surface area (Å²) in [5.41, 5.74) is 4.72. The Morgan fingerprint density at radius 2 is 1.68 bits per heavy atom. The van der Waals surface area contributed by atoms with Gasteiger partial charge in [-0.1, -0.05) is 39.0 Å². The molecular formula is C26H27FN2O2. The molecule has 5 heteroatoms. The van der Waals surface area contributed by atoms with Gasteiger partial charge in [-0.3, -0.25) is 9.59 Å². The number of hydrogen-bond donors (Lipinski definition) is 0. The van der Waals surface area contributed by atoms with Crippen LogP contribution in [0, 0.1) is 5.82 Å². The minimum atomic E-state index is -0.332. The molecule has 0 unspecified atom stereocenters. The van der Waals surface area contributed by atoms with Gasteiger partial charge in [0.15, 0.2) is 0 Å². The molecule has 2 aromatic heterocycles. The van der Waals surface area contributed by atoms with Crippen molar-refractivity contribution in [3.63, 3.8) is 0 Å². The van der Waals surface area contributed by atoms with Gasteiger partial charge in [-0.15, -0.1) is 0 Å². The van der Waals surface area contributed by atoms with Crippen LogP contribution < -0.4 is 11.1 Å². The molecule has 0 aliphatic rings. The molecule has 0 saturated heterocycles. The molecule has 0 atom stereocenters. The molecule has 160 valence electrons. The van der Waals surface area contributed by atoms with E-state index in [0.717, 1.165) is 33.0 Å². The number of hydrogen-bond acceptors (Lipinski definition) is 2. The zero-order chi connectivity index (χ0) is 22.4. The summed E-state index contributed by atoms with van der Waals surface area (Å²) in [6, 6.07) is 12.5. The highest BCUT2D eigenvalue weighted by Crippen LogP contribution is 2.28. The third kappa shape index (κ3) is 3.38. The second kappa shape index (κ2) is 7.80. The lowest BCUT2D eigenvalue weighted by Crippen LogP contribution is -2.24. The summed E-state index contributed by atoms with van der Waals surface area (Å²) < 4.78 is 17.5. The number of benzene rings is 2. The zero-order valence-electron chi connectivity index (χ0n) is 18.6. The molecule has 2 aromatic carbocycles. The Kier molecular flexibility index (Phi) is 5.29. The van der Waals surface area contributed by atoms with Crippen molar-refractivity contribution in [1.29, 1.82) is 0 Å². The van der Waals surface area contributed by atoms with Crippen LogP contribution in [-0.2, 0) is 26.9 Å². The molecule has 4 aromatic rings. The van der Waals surface area contributed by atoms with Crippen molar-refractivity contribution < 1.29 is 4.39 Å². The first-order valence-corrected chi connectivity index (χ1v) is 10.7. The average molecular weight is 419 g/mol. The molecule has 2 heterocycles.